The Morgan fingerprint density at radius 1 is 1.13 bits per heavy atom. The van der Waals surface area contributed by atoms with Crippen molar-refractivity contribution in [2.75, 3.05) is 0 Å². The van der Waals surface area contributed by atoms with Crippen LogP contribution in [0.1, 0.15) is 62.4 Å². The number of aryl methyl sites for hydroxylation is 1. The van der Waals surface area contributed by atoms with Crippen molar-refractivity contribution >= 4 is 29.7 Å². The van der Waals surface area contributed by atoms with Crippen LogP contribution in [0.3, 0.4) is 0 Å². The summed E-state index contributed by atoms with van der Waals surface area (Å²) < 4.78 is 7.63. The van der Waals surface area contributed by atoms with E-state index < -0.39 is 18.0 Å². The molecule has 1 aromatic heterocycles. The van der Waals surface area contributed by atoms with Gasteiger partial charge in [0.2, 0.25) is 5.91 Å². The Bertz CT molecular complexity index is 1310. The van der Waals surface area contributed by atoms with Crippen LogP contribution in [0.5, 0.6) is 5.75 Å². The molecule has 0 bridgehead atoms. The first-order valence-electron chi connectivity index (χ1n) is 12.9. The van der Waals surface area contributed by atoms with Gasteiger partial charge in [0, 0.05) is 30.8 Å². The number of carbonyl (C=O) groups excluding carboxylic acids is 3. The third-order valence-corrected chi connectivity index (χ3v) is 6.45. The summed E-state index contributed by atoms with van der Waals surface area (Å²) in [6.45, 7) is 9.89. The molecule has 10 heteroatoms. The minimum Gasteiger partial charge on any atom is -0.489 e. The van der Waals surface area contributed by atoms with Crippen LogP contribution >= 0.6 is 11.6 Å². The molecule has 0 aliphatic carbocycles. The van der Waals surface area contributed by atoms with Crippen LogP contribution in [0.25, 0.3) is 11.3 Å². The van der Waals surface area contributed by atoms with Crippen molar-refractivity contribution in [1.82, 2.24) is 20.2 Å². The SMILES string of the molecule is CCn1cc(-c2ccc(CC(NC(=O)c3ccc(OC(C)C)c(Cl)c3)C(N)C=O)cc2)nc1C(C)NC(C)=O. The quantitative estimate of drug-likeness (QED) is 0.290. The van der Waals surface area contributed by atoms with E-state index in [0.29, 0.717) is 35.6 Å². The van der Waals surface area contributed by atoms with Crippen LogP contribution in [0.15, 0.2) is 48.7 Å². The van der Waals surface area contributed by atoms with Crippen molar-refractivity contribution in [3.8, 4) is 17.0 Å². The Kier molecular flexibility index (Phi) is 10.3. The molecule has 2 amide bonds. The fraction of sp³-hybridized carbons (Fsp3) is 0.379. The molecule has 3 rings (SSSR count). The number of aromatic nitrogens is 2. The molecule has 3 aromatic rings. The molecule has 0 aliphatic rings. The van der Waals surface area contributed by atoms with Crippen molar-refractivity contribution < 1.29 is 19.1 Å². The molecule has 3 atom stereocenters. The predicted octanol–water partition coefficient (Wildman–Crippen LogP) is 4.08. The molecule has 39 heavy (non-hydrogen) atoms. The van der Waals surface area contributed by atoms with Gasteiger partial charge in [-0.1, -0.05) is 35.9 Å². The lowest BCUT2D eigenvalue weighted by Crippen LogP contribution is -2.49. The number of carbonyl (C=O) groups is 3. The van der Waals surface area contributed by atoms with E-state index in [-0.39, 0.29) is 18.1 Å². The molecule has 0 fully saturated rings. The number of imidazole rings is 1. The average molecular weight is 554 g/mol. The molecule has 1 heterocycles. The Hall–Kier alpha value is -3.69. The van der Waals surface area contributed by atoms with E-state index in [4.69, 9.17) is 27.1 Å². The molecule has 0 aliphatic heterocycles. The number of amides is 2. The maximum atomic E-state index is 13.0. The van der Waals surface area contributed by atoms with E-state index in [1.54, 1.807) is 12.1 Å². The fourth-order valence-corrected chi connectivity index (χ4v) is 4.45. The number of rotatable bonds is 12. The first kappa shape index (κ1) is 29.9. The van der Waals surface area contributed by atoms with Crippen molar-refractivity contribution in [1.29, 1.82) is 0 Å². The summed E-state index contributed by atoms with van der Waals surface area (Å²) >= 11 is 6.29. The highest BCUT2D eigenvalue weighted by atomic mass is 35.5. The molecule has 208 valence electrons. The van der Waals surface area contributed by atoms with Crippen LogP contribution in [0, 0.1) is 0 Å². The van der Waals surface area contributed by atoms with Gasteiger partial charge in [0.1, 0.15) is 17.9 Å². The normalized spacial score (nSPS) is 13.4. The van der Waals surface area contributed by atoms with Crippen molar-refractivity contribution in [3.05, 3.63) is 70.6 Å². The van der Waals surface area contributed by atoms with E-state index >= 15 is 0 Å². The number of nitrogens with two attached hydrogens (primary N) is 1. The maximum Gasteiger partial charge on any atom is 0.251 e. The van der Waals surface area contributed by atoms with Gasteiger partial charge in [0.05, 0.1) is 34.9 Å². The zero-order chi connectivity index (χ0) is 28.7. The number of benzene rings is 2. The maximum absolute atomic E-state index is 13.0. The summed E-state index contributed by atoms with van der Waals surface area (Å²) in [6.07, 6.45) is 2.88. The zero-order valence-electron chi connectivity index (χ0n) is 22.9. The van der Waals surface area contributed by atoms with Gasteiger partial charge in [-0.2, -0.15) is 0 Å². The largest absolute Gasteiger partial charge is 0.489 e. The summed E-state index contributed by atoms with van der Waals surface area (Å²) in [4.78, 5) is 40.7. The Balaban J connectivity index is 1.75. The van der Waals surface area contributed by atoms with Gasteiger partial charge in [0.15, 0.2) is 0 Å². The van der Waals surface area contributed by atoms with Gasteiger partial charge in [0.25, 0.3) is 5.91 Å². The number of hydrogen-bond acceptors (Lipinski definition) is 6. The van der Waals surface area contributed by atoms with Crippen LogP contribution < -0.4 is 21.1 Å². The van der Waals surface area contributed by atoms with Crippen molar-refractivity contribution in [2.24, 2.45) is 5.73 Å². The second-order valence-corrected chi connectivity index (χ2v) is 10.1. The predicted molar refractivity (Wildman–Crippen MR) is 152 cm³/mol. The molecule has 0 spiro atoms. The van der Waals surface area contributed by atoms with Gasteiger partial charge < -0.3 is 30.5 Å². The van der Waals surface area contributed by atoms with Gasteiger partial charge in [-0.05, 0) is 57.9 Å². The lowest BCUT2D eigenvalue weighted by molar-refractivity contribution is -0.119. The van der Waals surface area contributed by atoms with Crippen LogP contribution in [-0.2, 0) is 22.6 Å². The van der Waals surface area contributed by atoms with E-state index in [1.165, 1.54) is 13.0 Å². The molecule has 3 unspecified atom stereocenters. The third-order valence-electron chi connectivity index (χ3n) is 6.16. The molecule has 4 N–H and O–H groups in total. The Morgan fingerprint density at radius 3 is 2.38 bits per heavy atom. The second-order valence-electron chi connectivity index (χ2n) is 9.70. The average Bonchev–Trinajstić information content (AvgIpc) is 3.33. The minimum absolute atomic E-state index is 0.0553. The number of aldehydes is 1. The van der Waals surface area contributed by atoms with Crippen LogP contribution in [-0.4, -0.2) is 45.8 Å². The summed E-state index contributed by atoms with van der Waals surface area (Å²) in [5, 5.41) is 6.07. The summed E-state index contributed by atoms with van der Waals surface area (Å²) in [5.74, 6) is 0.757. The minimum atomic E-state index is -0.897. The molecule has 0 radical (unpaired) electrons. The van der Waals surface area contributed by atoms with E-state index in [0.717, 1.165) is 22.6 Å². The van der Waals surface area contributed by atoms with E-state index in [1.807, 2.05) is 62.7 Å². The van der Waals surface area contributed by atoms with E-state index in [9.17, 15) is 14.4 Å². The van der Waals surface area contributed by atoms with Gasteiger partial charge in [-0.25, -0.2) is 4.98 Å². The van der Waals surface area contributed by atoms with Gasteiger partial charge in [-0.3, -0.25) is 9.59 Å². The zero-order valence-corrected chi connectivity index (χ0v) is 23.7. The topological polar surface area (TPSA) is 128 Å². The Labute approximate surface area is 234 Å². The van der Waals surface area contributed by atoms with Gasteiger partial charge >= 0.3 is 0 Å². The first-order valence-corrected chi connectivity index (χ1v) is 13.3. The highest BCUT2D eigenvalue weighted by Gasteiger charge is 2.22. The Morgan fingerprint density at radius 2 is 1.82 bits per heavy atom. The number of nitrogens with one attached hydrogen (secondary N) is 2. The second kappa shape index (κ2) is 13.4. The fourth-order valence-electron chi connectivity index (χ4n) is 4.22. The first-order chi connectivity index (χ1) is 18.5. The number of hydrogen-bond donors (Lipinski definition) is 3. The third kappa shape index (κ3) is 7.91. The van der Waals surface area contributed by atoms with Crippen molar-refractivity contribution in [3.63, 3.8) is 0 Å². The van der Waals surface area contributed by atoms with Crippen LogP contribution in [0.4, 0.5) is 0 Å². The number of halogens is 1. The molecule has 0 saturated carbocycles. The lowest BCUT2D eigenvalue weighted by atomic mass is 9.98. The smallest absolute Gasteiger partial charge is 0.251 e. The molecule has 9 nitrogen and oxygen atoms in total. The lowest BCUT2D eigenvalue weighted by Gasteiger charge is -2.22. The number of ether oxygens (including phenoxy) is 1. The summed E-state index contributed by atoms with van der Waals surface area (Å²) in [6, 6.07) is 10.8. The molecular weight excluding hydrogens is 518 g/mol. The summed E-state index contributed by atoms with van der Waals surface area (Å²) in [5.41, 5.74) is 8.96. The highest BCUT2D eigenvalue weighted by molar-refractivity contribution is 6.32. The number of nitrogens with zero attached hydrogens (tertiary/aromatic N) is 2. The van der Waals surface area contributed by atoms with Crippen LogP contribution in [0.2, 0.25) is 5.02 Å². The molecular formula is C29H36ClN5O4. The monoisotopic (exact) mass is 553 g/mol. The van der Waals surface area contributed by atoms with E-state index in [2.05, 4.69) is 10.6 Å². The molecule has 2 aromatic carbocycles. The standard InChI is InChI=1S/C29H36ClN5O4/c1-6-35-15-26(33-28(35)18(4)32-19(5)37)21-9-7-20(8-10-21)13-25(24(31)16-36)34-29(38)22-11-12-27(23(30)14-22)39-17(2)3/h7-12,14-18,24-25H,6,13,31H2,1-5H3,(H,32,37)(H,34,38). The molecule has 0 saturated heterocycles. The summed E-state index contributed by atoms with van der Waals surface area (Å²) in [7, 11) is 0. The van der Waals surface area contributed by atoms with Gasteiger partial charge in [-0.15, -0.1) is 0 Å². The highest BCUT2D eigenvalue weighted by Crippen LogP contribution is 2.27. The van der Waals surface area contributed by atoms with Crippen molar-refractivity contribution in [2.45, 2.75) is 71.8 Å².